The van der Waals surface area contributed by atoms with E-state index < -0.39 is 48.7 Å². The molecule has 0 radical (unpaired) electrons. The van der Waals surface area contributed by atoms with Crippen LogP contribution in [0.25, 0.3) is 0 Å². The highest BCUT2D eigenvalue weighted by atomic mass is 32.2. The van der Waals surface area contributed by atoms with Crippen molar-refractivity contribution in [3.05, 3.63) is 59.4 Å². The Hall–Kier alpha value is -2.43. The number of rotatable bonds is 7. The lowest BCUT2D eigenvalue weighted by molar-refractivity contribution is -0.138. The van der Waals surface area contributed by atoms with E-state index in [0.717, 1.165) is 30.3 Å². The zero-order chi connectivity index (χ0) is 23.7. The maximum absolute atomic E-state index is 12.9. The number of halogens is 6. The van der Waals surface area contributed by atoms with Crippen LogP contribution in [0.3, 0.4) is 0 Å². The van der Waals surface area contributed by atoms with Gasteiger partial charge >= 0.3 is 12.4 Å². The molecule has 0 aliphatic carbocycles. The molecule has 0 spiro atoms. The highest BCUT2D eigenvalue weighted by Gasteiger charge is 2.38. The summed E-state index contributed by atoms with van der Waals surface area (Å²) in [6, 6.07) is 5.07. The van der Waals surface area contributed by atoms with Crippen molar-refractivity contribution in [2.75, 3.05) is 0 Å². The maximum Gasteiger partial charge on any atom is 0.417 e. The number of nitrogens with zero attached hydrogens (tertiary/aromatic N) is 1. The van der Waals surface area contributed by atoms with Gasteiger partial charge in [-0.2, -0.15) is 26.3 Å². The minimum absolute atomic E-state index is 0.0483. The molecule has 1 aromatic carbocycles. The van der Waals surface area contributed by atoms with Crippen LogP contribution in [-0.4, -0.2) is 23.9 Å². The van der Waals surface area contributed by atoms with Gasteiger partial charge in [0.15, 0.2) is 15.6 Å². The lowest BCUT2D eigenvalue weighted by Crippen LogP contribution is -2.32. The van der Waals surface area contributed by atoms with Gasteiger partial charge in [0.25, 0.3) is 0 Å². The number of pyridine rings is 1. The third kappa shape index (κ3) is 5.84. The number of Topliss-reactive ketones (excluding diaryl/α,β-unsaturated/α-hetero) is 1. The molecule has 31 heavy (non-hydrogen) atoms. The number of aromatic nitrogens is 1. The minimum Gasteiger partial charge on any atom is -0.292 e. The summed E-state index contributed by atoms with van der Waals surface area (Å²) in [6.07, 6.45) is -8.94. The second kappa shape index (κ2) is 8.60. The molecule has 0 bridgehead atoms. The van der Waals surface area contributed by atoms with Crippen molar-refractivity contribution in [3.8, 4) is 0 Å². The second-order valence-corrected chi connectivity index (χ2v) is 10.1. The molecule has 2 rings (SSSR count). The van der Waals surface area contributed by atoms with Crippen molar-refractivity contribution in [1.82, 2.24) is 4.98 Å². The first-order valence-electron chi connectivity index (χ1n) is 9.04. The van der Waals surface area contributed by atoms with Crippen molar-refractivity contribution >= 4 is 15.6 Å². The van der Waals surface area contributed by atoms with Crippen LogP contribution >= 0.6 is 0 Å². The summed E-state index contributed by atoms with van der Waals surface area (Å²) in [7, 11) is -4.16. The molecule has 1 heterocycles. The van der Waals surface area contributed by atoms with Gasteiger partial charge in [-0.15, -0.1) is 0 Å². The van der Waals surface area contributed by atoms with Gasteiger partial charge in [-0.3, -0.25) is 9.78 Å². The van der Waals surface area contributed by atoms with E-state index >= 15 is 0 Å². The normalized spacial score (nSPS) is 13.3. The van der Waals surface area contributed by atoms with Gasteiger partial charge in [-0.05, 0) is 57.0 Å². The van der Waals surface area contributed by atoms with Gasteiger partial charge in [0.2, 0.25) is 0 Å². The van der Waals surface area contributed by atoms with Gasteiger partial charge in [0.1, 0.15) is 5.69 Å². The number of hydrogen-bond acceptors (Lipinski definition) is 4. The number of alkyl halides is 6. The predicted octanol–water partition coefficient (Wildman–Crippen LogP) is 5.72. The Morgan fingerprint density at radius 2 is 1.55 bits per heavy atom. The van der Waals surface area contributed by atoms with E-state index in [1.165, 1.54) is 13.8 Å². The first-order chi connectivity index (χ1) is 14.1. The molecule has 0 amide bonds. The van der Waals surface area contributed by atoms with Crippen LogP contribution < -0.4 is 0 Å². The highest BCUT2D eigenvalue weighted by molar-refractivity contribution is 7.92. The number of benzene rings is 1. The molecule has 0 aliphatic heterocycles. The Bertz CT molecular complexity index is 1040. The van der Waals surface area contributed by atoms with Gasteiger partial charge in [0.05, 0.1) is 20.8 Å². The molecule has 2 aromatic rings. The zero-order valence-electron chi connectivity index (χ0n) is 16.5. The summed E-state index contributed by atoms with van der Waals surface area (Å²) in [5, 5.41) is 0. The number of ketones is 1. The van der Waals surface area contributed by atoms with Crippen molar-refractivity contribution in [2.45, 2.75) is 55.1 Å². The third-order valence-electron chi connectivity index (χ3n) is 4.76. The first-order valence-corrected chi connectivity index (χ1v) is 10.5. The van der Waals surface area contributed by atoms with E-state index in [2.05, 4.69) is 4.98 Å². The summed E-state index contributed by atoms with van der Waals surface area (Å²) >= 11 is 0. The SMILES string of the molecule is CC(C)(CCCC(=O)c1ccc(C(F)(F)F)cn1)S(=O)(=O)c1cccc(C(F)(F)F)c1. The Kier molecular flexibility index (Phi) is 6.89. The van der Waals surface area contributed by atoms with Crippen LogP contribution in [-0.2, 0) is 22.2 Å². The number of carbonyl (C=O) groups excluding carboxylic acids is 1. The fourth-order valence-electron chi connectivity index (χ4n) is 2.82. The smallest absolute Gasteiger partial charge is 0.292 e. The molecule has 11 heteroatoms. The Morgan fingerprint density at radius 3 is 2.06 bits per heavy atom. The molecule has 0 N–H and O–H groups in total. The van der Waals surface area contributed by atoms with E-state index in [-0.39, 0.29) is 25.0 Å². The molecule has 0 atom stereocenters. The molecule has 0 saturated heterocycles. The van der Waals surface area contributed by atoms with Crippen LogP contribution in [0, 0.1) is 0 Å². The Labute approximate surface area is 175 Å². The van der Waals surface area contributed by atoms with Gasteiger partial charge in [-0.1, -0.05) is 6.07 Å². The molecular weight excluding hydrogens is 448 g/mol. The molecule has 4 nitrogen and oxygen atoms in total. The minimum atomic E-state index is -4.70. The van der Waals surface area contributed by atoms with Crippen molar-refractivity contribution in [3.63, 3.8) is 0 Å². The molecule has 0 aliphatic rings. The number of hydrogen-bond donors (Lipinski definition) is 0. The Morgan fingerprint density at radius 1 is 0.935 bits per heavy atom. The third-order valence-corrected chi connectivity index (χ3v) is 7.29. The van der Waals surface area contributed by atoms with Crippen molar-refractivity contribution in [2.24, 2.45) is 0 Å². The summed E-state index contributed by atoms with van der Waals surface area (Å²) < 4.78 is 101. The number of sulfone groups is 1. The topological polar surface area (TPSA) is 64.1 Å². The second-order valence-electron chi connectivity index (χ2n) is 7.50. The van der Waals surface area contributed by atoms with Gasteiger partial charge in [0, 0.05) is 12.6 Å². The average molecular weight is 467 g/mol. The van der Waals surface area contributed by atoms with Gasteiger partial charge in [-0.25, -0.2) is 8.42 Å². The zero-order valence-corrected chi connectivity index (χ0v) is 17.3. The molecule has 170 valence electrons. The van der Waals surface area contributed by atoms with Crippen molar-refractivity contribution < 1.29 is 39.6 Å². The summed E-state index contributed by atoms with van der Waals surface area (Å²) in [5.41, 5.74) is -2.28. The fourth-order valence-corrected chi connectivity index (χ4v) is 4.41. The molecule has 0 fully saturated rings. The van der Waals surface area contributed by atoms with E-state index in [1.807, 2.05) is 0 Å². The van der Waals surface area contributed by atoms with Gasteiger partial charge < -0.3 is 0 Å². The van der Waals surface area contributed by atoms with E-state index in [1.54, 1.807) is 0 Å². The van der Waals surface area contributed by atoms with Crippen molar-refractivity contribution in [1.29, 1.82) is 0 Å². The molecule has 0 saturated carbocycles. The van der Waals surface area contributed by atoms with Crippen LogP contribution in [0.5, 0.6) is 0 Å². The summed E-state index contributed by atoms with van der Waals surface area (Å²) in [6.45, 7) is 2.67. The Balaban J connectivity index is 2.08. The lowest BCUT2D eigenvalue weighted by atomic mass is 10.0. The van der Waals surface area contributed by atoms with Crippen LogP contribution in [0.1, 0.15) is 54.7 Å². The first kappa shape index (κ1) is 24.8. The average Bonchev–Trinajstić information content (AvgIpc) is 2.66. The molecular formula is C20H19F6NO3S. The predicted molar refractivity (Wildman–Crippen MR) is 100 cm³/mol. The van der Waals surface area contributed by atoms with Crippen LogP contribution in [0.15, 0.2) is 47.5 Å². The maximum atomic E-state index is 12.9. The van der Waals surface area contributed by atoms with Crippen LogP contribution in [0.2, 0.25) is 0 Å². The molecule has 0 unspecified atom stereocenters. The quantitative estimate of drug-likeness (QED) is 0.386. The summed E-state index contributed by atoms with van der Waals surface area (Å²) in [5.74, 6) is -0.569. The molecule has 1 aromatic heterocycles. The lowest BCUT2D eigenvalue weighted by Gasteiger charge is -2.25. The van der Waals surface area contributed by atoms with E-state index in [4.69, 9.17) is 0 Å². The monoisotopic (exact) mass is 467 g/mol. The highest BCUT2D eigenvalue weighted by Crippen LogP contribution is 2.35. The van der Waals surface area contributed by atoms with E-state index in [0.29, 0.717) is 12.3 Å². The van der Waals surface area contributed by atoms with E-state index in [9.17, 15) is 39.6 Å². The summed E-state index contributed by atoms with van der Waals surface area (Å²) in [4.78, 5) is 15.2. The standard InChI is InChI=1S/C20H19F6NO3S/c1-18(2,31(29,30)15-6-3-5-13(11-15)19(21,22)23)10-4-7-17(28)16-9-8-14(12-27-16)20(24,25)26/h3,5-6,8-9,11-12H,4,7,10H2,1-2H3. The van der Waals surface area contributed by atoms with Crippen LogP contribution in [0.4, 0.5) is 26.3 Å². The fraction of sp³-hybridized carbons (Fsp3) is 0.400. The number of carbonyl (C=O) groups is 1. The largest absolute Gasteiger partial charge is 0.417 e.